The van der Waals surface area contributed by atoms with Gasteiger partial charge in [-0.3, -0.25) is 4.79 Å². The number of rotatable bonds is 5. The van der Waals surface area contributed by atoms with Crippen molar-refractivity contribution in [2.24, 2.45) is 0 Å². The highest BCUT2D eigenvalue weighted by Crippen LogP contribution is 2.18. The van der Waals surface area contributed by atoms with Crippen molar-refractivity contribution >= 4 is 22.9 Å². The molecule has 0 aliphatic heterocycles. The Bertz CT molecular complexity index is 1090. The maximum atomic E-state index is 12.2. The first-order chi connectivity index (χ1) is 13.7. The number of carbonyl (C=O) groups is 2. The minimum atomic E-state index is -0.782. The fraction of sp³-hybridized carbons (Fsp3) is 0.261. The van der Waals surface area contributed by atoms with E-state index in [2.05, 4.69) is 0 Å². The summed E-state index contributed by atoms with van der Waals surface area (Å²) in [4.78, 5) is 36.5. The summed E-state index contributed by atoms with van der Waals surface area (Å²) in [6.07, 6.45) is 0.0420. The van der Waals surface area contributed by atoms with Crippen molar-refractivity contribution in [1.82, 2.24) is 0 Å². The molecule has 0 unspecified atom stereocenters. The first-order valence-corrected chi connectivity index (χ1v) is 9.21. The number of hydrogen-bond acceptors (Lipinski definition) is 6. The summed E-state index contributed by atoms with van der Waals surface area (Å²) in [7, 11) is 0. The summed E-state index contributed by atoms with van der Waals surface area (Å²) in [6.45, 7) is 5.35. The van der Waals surface area contributed by atoms with Crippen LogP contribution in [0.5, 0.6) is 0 Å². The summed E-state index contributed by atoms with van der Waals surface area (Å²) in [6, 6.07) is 15.8. The first-order valence-electron chi connectivity index (χ1n) is 9.21. The third kappa shape index (κ3) is 5.54. The van der Waals surface area contributed by atoms with Gasteiger partial charge in [-0.2, -0.15) is 0 Å². The van der Waals surface area contributed by atoms with E-state index in [0.29, 0.717) is 10.9 Å². The van der Waals surface area contributed by atoms with Gasteiger partial charge in [-0.25, -0.2) is 9.59 Å². The Hall–Kier alpha value is -3.41. The molecule has 0 amide bonds. The summed E-state index contributed by atoms with van der Waals surface area (Å²) < 4.78 is 15.8. The number of ether oxygens (including phenoxy) is 2. The van der Waals surface area contributed by atoms with Gasteiger partial charge >= 0.3 is 17.6 Å². The minimum absolute atomic E-state index is 0.0420. The lowest BCUT2D eigenvalue weighted by Gasteiger charge is -2.19. The molecule has 0 aliphatic carbocycles. The normalized spacial score (nSPS) is 11.3. The van der Waals surface area contributed by atoms with E-state index in [1.54, 1.807) is 39.0 Å². The van der Waals surface area contributed by atoms with Crippen LogP contribution < -0.4 is 5.63 Å². The Balaban J connectivity index is 1.73. The van der Waals surface area contributed by atoms with Crippen molar-refractivity contribution in [3.63, 3.8) is 0 Å². The molecule has 0 bridgehead atoms. The van der Waals surface area contributed by atoms with Crippen LogP contribution in [-0.2, 0) is 27.3 Å². The molecular formula is C23H22O6. The second kappa shape index (κ2) is 8.31. The molecule has 1 aromatic heterocycles. The smallest absolute Gasteiger partial charge is 0.351 e. The van der Waals surface area contributed by atoms with Crippen LogP contribution in [0.1, 0.15) is 42.3 Å². The Morgan fingerprint density at radius 3 is 2.38 bits per heavy atom. The van der Waals surface area contributed by atoms with Crippen molar-refractivity contribution in [2.45, 2.75) is 39.4 Å². The second-order valence-corrected chi connectivity index (χ2v) is 7.64. The van der Waals surface area contributed by atoms with Gasteiger partial charge in [-0.15, -0.1) is 0 Å². The summed E-state index contributed by atoms with van der Waals surface area (Å²) in [5, 5.41) is 0.562. The van der Waals surface area contributed by atoms with Crippen LogP contribution in [0.15, 0.2) is 63.8 Å². The van der Waals surface area contributed by atoms with Crippen molar-refractivity contribution in [3.8, 4) is 0 Å². The van der Waals surface area contributed by atoms with Crippen molar-refractivity contribution in [3.05, 3.63) is 81.7 Å². The topological polar surface area (TPSA) is 82.8 Å². The Morgan fingerprint density at radius 2 is 1.69 bits per heavy atom. The lowest BCUT2D eigenvalue weighted by molar-refractivity contribution is -0.144. The van der Waals surface area contributed by atoms with Gasteiger partial charge in [0.15, 0.2) is 0 Å². The largest absolute Gasteiger partial charge is 0.461 e. The van der Waals surface area contributed by atoms with E-state index in [9.17, 15) is 14.4 Å². The van der Waals surface area contributed by atoms with Gasteiger partial charge in [0.1, 0.15) is 23.4 Å². The Kier molecular flexibility index (Phi) is 5.82. The fourth-order valence-corrected chi connectivity index (χ4v) is 2.70. The van der Waals surface area contributed by atoms with E-state index in [1.165, 1.54) is 6.07 Å². The zero-order valence-electron chi connectivity index (χ0n) is 16.6. The standard InChI is InChI=1S/C23H22O6/c1-23(2,3)29-22(26)18-13-17-10-9-16(11-19(17)28-21(18)25)12-20(24)27-14-15-7-5-4-6-8-15/h4-11,13H,12,14H2,1-3H3. The van der Waals surface area contributed by atoms with Crippen LogP contribution in [0.4, 0.5) is 0 Å². The molecule has 0 atom stereocenters. The van der Waals surface area contributed by atoms with E-state index in [-0.39, 0.29) is 30.1 Å². The highest BCUT2D eigenvalue weighted by molar-refractivity contribution is 5.93. The van der Waals surface area contributed by atoms with Crippen LogP contribution in [0, 0.1) is 0 Å². The third-order valence-corrected chi connectivity index (χ3v) is 4.01. The highest BCUT2D eigenvalue weighted by atomic mass is 16.6. The van der Waals surface area contributed by atoms with Gasteiger partial charge in [-0.1, -0.05) is 42.5 Å². The second-order valence-electron chi connectivity index (χ2n) is 7.64. The van der Waals surface area contributed by atoms with Gasteiger partial charge < -0.3 is 13.9 Å². The molecule has 0 spiro atoms. The van der Waals surface area contributed by atoms with E-state index in [1.807, 2.05) is 30.3 Å². The van der Waals surface area contributed by atoms with Crippen LogP contribution in [0.2, 0.25) is 0 Å². The van der Waals surface area contributed by atoms with Crippen LogP contribution in [0.25, 0.3) is 11.0 Å². The van der Waals surface area contributed by atoms with E-state index >= 15 is 0 Å². The molecule has 6 heteroatoms. The molecule has 1 heterocycles. The lowest BCUT2D eigenvalue weighted by Crippen LogP contribution is -2.27. The zero-order valence-corrected chi connectivity index (χ0v) is 16.6. The molecule has 29 heavy (non-hydrogen) atoms. The first kappa shape index (κ1) is 20.3. The fourth-order valence-electron chi connectivity index (χ4n) is 2.70. The summed E-state index contributed by atoms with van der Waals surface area (Å²) >= 11 is 0. The minimum Gasteiger partial charge on any atom is -0.461 e. The van der Waals surface area contributed by atoms with E-state index in [4.69, 9.17) is 13.9 Å². The van der Waals surface area contributed by atoms with Crippen molar-refractivity contribution in [2.75, 3.05) is 0 Å². The molecule has 3 aromatic rings. The zero-order chi connectivity index (χ0) is 21.0. The van der Waals surface area contributed by atoms with Crippen molar-refractivity contribution in [1.29, 1.82) is 0 Å². The number of hydrogen-bond donors (Lipinski definition) is 0. The molecule has 6 nitrogen and oxygen atoms in total. The van der Waals surface area contributed by atoms with Crippen LogP contribution in [-0.4, -0.2) is 17.5 Å². The van der Waals surface area contributed by atoms with Gasteiger partial charge in [0.25, 0.3) is 0 Å². The lowest BCUT2D eigenvalue weighted by atomic mass is 10.1. The number of carbonyl (C=O) groups excluding carboxylic acids is 2. The van der Waals surface area contributed by atoms with E-state index in [0.717, 1.165) is 5.56 Å². The molecule has 0 radical (unpaired) electrons. The third-order valence-electron chi connectivity index (χ3n) is 4.01. The van der Waals surface area contributed by atoms with Crippen LogP contribution in [0.3, 0.4) is 0 Å². The molecule has 3 rings (SSSR count). The van der Waals surface area contributed by atoms with Gasteiger partial charge in [0, 0.05) is 5.39 Å². The molecule has 150 valence electrons. The molecule has 0 aliphatic rings. The van der Waals surface area contributed by atoms with E-state index < -0.39 is 17.2 Å². The molecule has 0 saturated heterocycles. The average molecular weight is 394 g/mol. The SMILES string of the molecule is CC(C)(C)OC(=O)c1cc2ccc(CC(=O)OCc3ccccc3)cc2oc1=O. The molecule has 2 aromatic carbocycles. The quantitative estimate of drug-likeness (QED) is 0.480. The number of fused-ring (bicyclic) bond motifs is 1. The molecule has 0 saturated carbocycles. The monoisotopic (exact) mass is 394 g/mol. The van der Waals surface area contributed by atoms with Gasteiger partial charge in [0.2, 0.25) is 0 Å². The maximum Gasteiger partial charge on any atom is 0.351 e. The average Bonchev–Trinajstić information content (AvgIpc) is 2.65. The predicted octanol–water partition coefficient (Wildman–Crippen LogP) is 4.03. The summed E-state index contributed by atoms with van der Waals surface area (Å²) in [5.74, 6) is -1.12. The summed E-state index contributed by atoms with van der Waals surface area (Å²) in [5.41, 5.74) is 0.167. The molecule has 0 N–H and O–H groups in total. The van der Waals surface area contributed by atoms with Crippen LogP contribution >= 0.6 is 0 Å². The molecule has 0 fully saturated rings. The highest BCUT2D eigenvalue weighted by Gasteiger charge is 2.22. The number of esters is 2. The van der Waals surface area contributed by atoms with Crippen molar-refractivity contribution < 1.29 is 23.5 Å². The Morgan fingerprint density at radius 1 is 0.966 bits per heavy atom. The van der Waals surface area contributed by atoms with Gasteiger partial charge in [0.05, 0.1) is 6.42 Å². The predicted molar refractivity (Wildman–Crippen MR) is 108 cm³/mol. The Labute approximate surface area is 168 Å². The molecular weight excluding hydrogens is 372 g/mol. The van der Waals surface area contributed by atoms with Gasteiger partial charge in [-0.05, 0) is 44.0 Å². The maximum absolute atomic E-state index is 12.2. The number of benzene rings is 2.